The molecule has 3 nitrogen and oxygen atoms in total. The molecule has 0 N–H and O–H groups in total. The molecular formula is C25H19N3. The number of fused-ring (bicyclic) bond motifs is 2. The van der Waals surface area contributed by atoms with E-state index in [1.165, 1.54) is 11.1 Å². The highest BCUT2D eigenvalue weighted by Crippen LogP contribution is 2.25. The van der Waals surface area contributed by atoms with Crippen molar-refractivity contribution in [1.29, 1.82) is 0 Å². The minimum absolute atomic E-state index is 0.856. The van der Waals surface area contributed by atoms with Crippen LogP contribution in [0.1, 0.15) is 11.1 Å². The van der Waals surface area contributed by atoms with Gasteiger partial charge in [0.15, 0.2) is 0 Å². The second-order valence-electron chi connectivity index (χ2n) is 7.09. The van der Waals surface area contributed by atoms with Crippen LogP contribution in [-0.2, 0) is 0 Å². The Morgan fingerprint density at radius 3 is 1.36 bits per heavy atom. The summed E-state index contributed by atoms with van der Waals surface area (Å²) in [5.41, 5.74) is 7.84. The van der Waals surface area contributed by atoms with E-state index in [0.29, 0.717) is 0 Å². The van der Waals surface area contributed by atoms with Gasteiger partial charge in [-0.15, -0.1) is 0 Å². The fourth-order valence-corrected chi connectivity index (χ4v) is 3.60. The predicted molar refractivity (Wildman–Crippen MR) is 115 cm³/mol. The van der Waals surface area contributed by atoms with Gasteiger partial charge in [0, 0.05) is 10.8 Å². The Morgan fingerprint density at radius 1 is 0.429 bits per heavy atom. The molecule has 0 aliphatic carbocycles. The normalized spacial score (nSPS) is 11.2. The summed E-state index contributed by atoms with van der Waals surface area (Å²) in [6.07, 6.45) is 0. The first-order valence-corrected chi connectivity index (χ1v) is 9.40. The molecule has 0 aliphatic heterocycles. The molecule has 28 heavy (non-hydrogen) atoms. The molecule has 2 aromatic carbocycles. The first-order chi connectivity index (χ1) is 13.7. The maximum absolute atomic E-state index is 4.86. The molecule has 5 aromatic rings. The van der Waals surface area contributed by atoms with Gasteiger partial charge in [0.1, 0.15) is 0 Å². The Morgan fingerprint density at radius 2 is 0.857 bits per heavy atom. The van der Waals surface area contributed by atoms with Crippen molar-refractivity contribution < 1.29 is 0 Å². The fraction of sp³-hybridized carbons (Fsp3) is 0.0800. The zero-order valence-corrected chi connectivity index (χ0v) is 15.8. The molecule has 0 saturated carbocycles. The van der Waals surface area contributed by atoms with E-state index in [2.05, 4.69) is 62.4 Å². The first-order valence-electron chi connectivity index (χ1n) is 9.40. The van der Waals surface area contributed by atoms with E-state index < -0.39 is 0 Å². The number of aromatic nitrogens is 3. The fourth-order valence-electron chi connectivity index (χ4n) is 3.60. The Labute approximate surface area is 163 Å². The molecule has 0 radical (unpaired) electrons. The molecule has 3 heteroatoms. The average molecular weight is 361 g/mol. The van der Waals surface area contributed by atoms with Crippen molar-refractivity contribution in [3.63, 3.8) is 0 Å². The van der Waals surface area contributed by atoms with E-state index in [1.54, 1.807) is 0 Å². The lowest BCUT2D eigenvalue weighted by atomic mass is 10.1. The minimum atomic E-state index is 0.856. The summed E-state index contributed by atoms with van der Waals surface area (Å²) in [5.74, 6) is 0. The van der Waals surface area contributed by atoms with Crippen LogP contribution in [0.15, 0.2) is 78.9 Å². The lowest BCUT2D eigenvalue weighted by molar-refractivity contribution is 1.24. The number of para-hydroxylation sites is 2. The lowest BCUT2D eigenvalue weighted by Gasteiger charge is -2.08. The van der Waals surface area contributed by atoms with Gasteiger partial charge >= 0.3 is 0 Å². The Kier molecular flexibility index (Phi) is 3.87. The third-order valence-electron chi connectivity index (χ3n) is 5.12. The molecule has 0 spiro atoms. The van der Waals surface area contributed by atoms with Crippen LogP contribution >= 0.6 is 0 Å². The Balaban J connectivity index is 1.62. The van der Waals surface area contributed by atoms with Gasteiger partial charge < -0.3 is 0 Å². The van der Waals surface area contributed by atoms with Crippen molar-refractivity contribution in [2.45, 2.75) is 13.8 Å². The van der Waals surface area contributed by atoms with Gasteiger partial charge in [-0.1, -0.05) is 54.6 Å². The number of pyridine rings is 3. The maximum atomic E-state index is 4.86. The number of hydrogen-bond acceptors (Lipinski definition) is 3. The number of aryl methyl sites for hydroxylation is 2. The Hall–Kier alpha value is -3.59. The molecular weight excluding hydrogens is 342 g/mol. The van der Waals surface area contributed by atoms with Crippen LogP contribution in [0.5, 0.6) is 0 Å². The van der Waals surface area contributed by atoms with E-state index in [4.69, 9.17) is 15.0 Å². The molecule has 0 fully saturated rings. The van der Waals surface area contributed by atoms with Crippen molar-refractivity contribution in [3.05, 3.63) is 90.0 Å². The van der Waals surface area contributed by atoms with Gasteiger partial charge in [0.2, 0.25) is 0 Å². The van der Waals surface area contributed by atoms with E-state index in [1.807, 2.05) is 30.3 Å². The van der Waals surface area contributed by atoms with Crippen LogP contribution in [0, 0.1) is 13.8 Å². The molecule has 0 aliphatic rings. The van der Waals surface area contributed by atoms with Crippen LogP contribution < -0.4 is 0 Å². The van der Waals surface area contributed by atoms with Crippen molar-refractivity contribution in [2.24, 2.45) is 0 Å². The summed E-state index contributed by atoms with van der Waals surface area (Å²) in [6, 6.07) is 26.8. The van der Waals surface area contributed by atoms with Crippen LogP contribution in [0.25, 0.3) is 44.6 Å². The topological polar surface area (TPSA) is 38.7 Å². The lowest BCUT2D eigenvalue weighted by Crippen LogP contribution is -1.94. The minimum Gasteiger partial charge on any atom is -0.246 e. The maximum Gasteiger partial charge on any atom is 0.0894 e. The molecule has 134 valence electrons. The number of hydrogen-bond donors (Lipinski definition) is 0. The molecule has 0 atom stereocenters. The largest absolute Gasteiger partial charge is 0.246 e. The highest BCUT2D eigenvalue weighted by molar-refractivity contribution is 5.85. The average Bonchev–Trinajstić information content (AvgIpc) is 2.74. The molecule has 0 unspecified atom stereocenters. The third-order valence-corrected chi connectivity index (χ3v) is 5.12. The van der Waals surface area contributed by atoms with Gasteiger partial charge in [-0.05, 0) is 49.2 Å². The standard InChI is InChI=1S/C25H19N3/c1-16-6-3-8-18-12-14-22(27-24(16)18)20-10-5-11-21(26-20)23-15-13-19-9-4-7-17(2)25(19)28-23/h3-15H,1-2H3. The summed E-state index contributed by atoms with van der Waals surface area (Å²) >= 11 is 0. The summed E-state index contributed by atoms with van der Waals surface area (Å²) in [5, 5.41) is 2.29. The predicted octanol–water partition coefficient (Wildman–Crippen LogP) is 6.13. The second-order valence-corrected chi connectivity index (χ2v) is 7.09. The molecule has 3 aromatic heterocycles. The smallest absolute Gasteiger partial charge is 0.0894 e. The molecule has 0 saturated heterocycles. The van der Waals surface area contributed by atoms with Crippen molar-refractivity contribution in [3.8, 4) is 22.8 Å². The van der Waals surface area contributed by atoms with Crippen LogP contribution in [-0.4, -0.2) is 15.0 Å². The van der Waals surface area contributed by atoms with Gasteiger partial charge in [-0.2, -0.15) is 0 Å². The number of rotatable bonds is 2. The van der Waals surface area contributed by atoms with Crippen LogP contribution in [0.3, 0.4) is 0 Å². The van der Waals surface area contributed by atoms with Gasteiger partial charge in [0.25, 0.3) is 0 Å². The van der Waals surface area contributed by atoms with Crippen molar-refractivity contribution in [1.82, 2.24) is 15.0 Å². The first kappa shape index (κ1) is 16.6. The van der Waals surface area contributed by atoms with E-state index in [9.17, 15) is 0 Å². The molecule has 5 rings (SSSR count). The zero-order valence-electron chi connectivity index (χ0n) is 15.8. The molecule has 3 heterocycles. The SMILES string of the molecule is Cc1cccc2ccc(-c3cccc(-c4ccc5cccc(C)c5n4)n3)nc12. The number of benzene rings is 2. The van der Waals surface area contributed by atoms with Crippen LogP contribution in [0.2, 0.25) is 0 Å². The van der Waals surface area contributed by atoms with Crippen molar-refractivity contribution in [2.75, 3.05) is 0 Å². The monoisotopic (exact) mass is 361 g/mol. The molecule has 0 amide bonds. The van der Waals surface area contributed by atoms with Crippen LogP contribution in [0.4, 0.5) is 0 Å². The summed E-state index contributed by atoms with van der Waals surface area (Å²) in [7, 11) is 0. The van der Waals surface area contributed by atoms with Gasteiger partial charge in [-0.25, -0.2) is 15.0 Å². The summed E-state index contributed by atoms with van der Waals surface area (Å²) in [4.78, 5) is 14.6. The quantitative estimate of drug-likeness (QED) is 0.380. The van der Waals surface area contributed by atoms with Gasteiger partial charge in [-0.3, -0.25) is 0 Å². The third kappa shape index (κ3) is 2.81. The summed E-state index contributed by atoms with van der Waals surface area (Å²) < 4.78 is 0. The molecule has 0 bridgehead atoms. The zero-order chi connectivity index (χ0) is 19.1. The van der Waals surface area contributed by atoms with Gasteiger partial charge in [0.05, 0.1) is 33.8 Å². The van der Waals surface area contributed by atoms with E-state index in [-0.39, 0.29) is 0 Å². The van der Waals surface area contributed by atoms with E-state index in [0.717, 1.165) is 44.6 Å². The van der Waals surface area contributed by atoms with Crippen molar-refractivity contribution >= 4 is 21.8 Å². The highest BCUT2D eigenvalue weighted by atomic mass is 14.8. The second kappa shape index (κ2) is 6.54. The highest BCUT2D eigenvalue weighted by Gasteiger charge is 2.09. The van der Waals surface area contributed by atoms with E-state index >= 15 is 0 Å². The number of nitrogens with zero attached hydrogens (tertiary/aromatic N) is 3. The Bertz CT molecular complexity index is 1240. The summed E-state index contributed by atoms with van der Waals surface area (Å²) in [6.45, 7) is 4.18.